The van der Waals surface area contributed by atoms with E-state index in [-0.39, 0.29) is 11.6 Å². The topological polar surface area (TPSA) is 58.2 Å². The fraction of sp³-hybridized carbons (Fsp3) is 0.0588. The van der Waals surface area contributed by atoms with Gasteiger partial charge >= 0.3 is 0 Å². The molecule has 0 saturated carbocycles. The summed E-state index contributed by atoms with van der Waals surface area (Å²) in [6.45, 7) is 0. The van der Waals surface area contributed by atoms with Gasteiger partial charge in [0.15, 0.2) is 0 Å². The Morgan fingerprint density at radius 2 is 1.74 bits per heavy atom. The third kappa shape index (κ3) is 4.47. The number of benzene rings is 2. The maximum Gasteiger partial charge on any atom is 0.251 e. The number of halogens is 2. The highest BCUT2D eigenvalue weighted by Crippen LogP contribution is 2.15. The SMILES string of the molecule is CNC(=O)c1ccc(/C=C/C(=O)Nc2ccc(F)cc2F)cc1. The van der Waals surface area contributed by atoms with Crippen molar-refractivity contribution < 1.29 is 18.4 Å². The van der Waals surface area contributed by atoms with Crippen LogP contribution in [-0.4, -0.2) is 18.9 Å². The monoisotopic (exact) mass is 316 g/mol. The third-order valence-corrected chi connectivity index (χ3v) is 3.02. The molecule has 0 fully saturated rings. The van der Waals surface area contributed by atoms with Gasteiger partial charge in [-0.1, -0.05) is 12.1 Å². The first-order valence-electron chi connectivity index (χ1n) is 6.76. The van der Waals surface area contributed by atoms with Crippen molar-refractivity contribution in [1.29, 1.82) is 0 Å². The fourth-order valence-corrected chi connectivity index (χ4v) is 1.83. The zero-order chi connectivity index (χ0) is 16.8. The van der Waals surface area contributed by atoms with E-state index in [1.165, 1.54) is 19.2 Å². The summed E-state index contributed by atoms with van der Waals surface area (Å²) in [4.78, 5) is 23.1. The van der Waals surface area contributed by atoms with E-state index >= 15 is 0 Å². The Labute approximate surface area is 131 Å². The molecule has 0 aliphatic rings. The van der Waals surface area contributed by atoms with Gasteiger partial charge in [-0.05, 0) is 35.9 Å². The first-order valence-corrected chi connectivity index (χ1v) is 6.76. The summed E-state index contributed by atoms with van der Waals surface area (Å²) in [5.41, 5.74) is 1.10. The summed E-state index contributed by atoms with van der Waals surface area (Å²) in [6, 6.07) is 9.48. The van der Waals surface area contributed by atoms with E-state index in [0.29, 0.717) is 17.2 Å². The molecule has 0 aromatic heterocycles. The van der Waals surface area contributed by atoms with Crippen molar-refractivity contribution in [3.05, 3.63) is 71.3 Å². The van der Waals surface area contributed by atoms with Gasteiger partial charge in [0.25, 0.3) is 5.91 Å². The van der Waals surface area contributed by atoms with Gasteiger partial charge in [0, 0.05) is 24.8 Å². The lowest BCUT2D eigenvalue weighted by atomic mass is 10.1. The molecule has 4 nitrogen and oxygen atoms in total. The van der Waals surface area contributed by atoms with Crippen molar-refractivity contribution in [3.63, 3.8) is 0 Å². The molecule has 0 aliphatic carbocycles. The van der Waals surface area contributed by atoms with Gasteiger partial charge in [0.05, 0.1) is 5.69 Å². The van der Waals surface area contributed by atoms with Gasteiger partial charge in [-0.3, -0.25) is 9.59 Å². The highest BCUT2D eigenvalue weighted by Gasteiger charge is 2.06. The molecule has 0 heterocycles. The van der Waals surface area contributed by atoms with Gasteiger partial charge in [0.2, 0.25) is 5.91 Å². The van der Waals surface area contributed by atoms with Crippen LogP contribution in [0.4, 0.5) is 14.5 Å². The lowest BCUT2D eigenvalue weighted by molar-refractivity contribution is -0.111. The summed E-state index contributed by atoms with van der Waals surface area (Å²) in [7, 11) is 1.54. The maximum absolute atomic E-state index is 13.4. The van der Waals surface area contributed by atoms with Crippen LogP contribution in [0.3, 0.4) is 0 Å². The van der Waals surface area contributed by atoms with Gasteiger partial charge in [-0.2, -0.15) is 0 Å². The second-order valence-electron chi connectivity index (χ2n) is 4.65. The Morgan fingerprint density at radius 1 is 1.04 bits per heavy atom. The molecule has 118 valence electrons. The molecule has 2 amide bonds. The van der Waals surface area contributed by atoms with Crippen LogP contribution in [0.1, 0.15) is 15.9 Å². The summed E-state index contributed by atoms with van der Waals surface area (Å²) in [6.07, 6.45) is 2.74. The molecule has 23 heavy (non-hydrogen) atoms. The highest BCUT2D eigenvalue weighted by atomic mass is 19.1. The molecule has 2 aromatic carbocycles. The molecule has 6 heteroatoms. The minimum atomic E-state index is -0.846. The lowest BCUT2D eigenvalue weighted by Gasteiger charge is -2.03. The van der Waals surface area contributed by atoms with E-state index in [2.05, 4.69) is 10.6 Å². The molecule has 0 spiro atoms. The third-order valence-electron chi connectivity index (χ3n) is 3.02. The van der Waals surface area contributed by atoms with Crippen molar-refractivity contribution >= 4 is 23.6 Å². The average Bonchev–Trinajstić information content (AvgIpc) is 2.55. The number of hydrogen-bond acceptors (Lipinski definition) is 2. The number of nitrogens with one attached hydrogen (secondary N) is 2. The van der Waals surface area contributed by atoms with E-state index in [1.807, 2.05) is 0 Å². The van der Waals surface area contributed by atoms with Crippen molar-refractivity contribution in [2.45, 2.75) is 0 Å². The first-order chi connectivity index (χ1) is 11.0. The molecule has 0 bridgehead atoms. The molecule has 0 unspecified atom stereocenters. The second-order valence-corrected chi connectivity index (χ2v) is 4.65. The van der Waals surface area contributed by atoms with Gasteiger partial charge in [-0.25, -0.2) is 8.78 Å². The Hall–Kier alpha value is -3.02. The predicted molar refractivity (Wildman–Crippen MR) is 83.9 cm³/mol. The summed E-state index contributed by atoms with van der Waals surface area (Å²) >= 11 is 0. The highest BCUT2D eigenvalue weighted by molar-refractivity contribution is 6.02. The predicted octanol–water partition coefficient (Wildman–Crippen LogP) is 2.98. The Bertz CT molecular complexity index is 756. The van der Waals surface area contributed by atoms with Crippen LogP contribution in [-0.2, 0) is 4.79 Å². The van der Waals surface area contributed by atoms with E-state index in [4.69, 9.17) is 0 Å². The van der Waals surface area contributed by atoms with Crippen LogP contribution < -0.4 is 10.6 Å². The molecule has 2 N–H and O–H groups in total. The van der Waals surface area contributed by atoms with E-state index in [0.717, 1.165) is 12.1 Å². The number of carbonyl (C=O) groups excluding carboxylic acids is 2. The number of carbonyl (C=O) groups is 2. The number of anilines is 1. The zero-order valence-electron chi connectivity index (χ0n) is 12.3. The molecule has 0 saturated heterocycles. The summed E-state index contributed by atoms with van der Waals surface area (Å²) < 4.78 is 26.2. The quantitative estimate of drug-likeness (QED) is 0.852. The minimum absolute atomic E-state index is 0.101. The average molecular weight is 316 g/mol. The molecule has 0 atom stereocenters. The van der Waals surface area contributed by atoms with Crippen LogP contribution >= 0.6 is 0 Å². The Balaban J connectivity index is 2.02. The lowest BCUT2D eigenvalue weighted by Crippen LogP contribution is -2.17. The maximum atomic E-state index is 13.4. The molecular weight excluding hydrogens is 302 g/mol. The van der Waals surface area contributed by atoms with E-state index < -0.39 is 17.5 Å². The van der Waals surface area contributed by atoms with Gasteiger partial charge in [-0.15, -0.1) is 0 Å². The largest absolute Gasteiger partial charge is 0.355 e. The van der Waals surface area contributed by atoms with Gasteiger partial charge < -0.3 is 10.6 Å². The van der Waals surface area contributed by atoms with Crippen LogP contribution in [0, 0.1) is 11.6 Å². The van der Waals surface area contributed by atoms with Crippen molar-refractivity contribution in [3.8, 4) is 0 Å². The van der Waals surface area contributed by atoms with Crippen LogP contribution in [0.15, 0.2) is 48.5 Å². The van der Waals surface area contributed by atoms with Gasteiger partial charge in [0.1, 0.15) is 11.6 Å². The van der Waals surface area contributed by atoms with Crippen molar-refractivity contribution in [2.24, 2.45) is 0 Å². The fourth-order valence-electron chi connectivity index (χ4n) is 1.83. The molecule has 2 aromatic rings. The van der Waals surface area contributed by atoms with Crippen molar-refractivity contribution in [2.75, 3.05) is 12.4 Å². The first kappa shape index (κ1) is 16.4. The Kier molecular flexibility index (Phi) is 5.19. The summed E-state index contributed by atoms with van der Waals surface area (Å²) in [5.74, 6) is -2.31. The molecule has 0 radical (unpaired) electrons. The Morgan fingerprint density at radius 3 is 2.35 bits per heavy atom. The minimum Gasteiger partial charge on any atom is -0.355 e. The number of amides is 2. The summed E-state index contributed by atoms with van der Waals surface area (Å²) in [5, 5.41) is 4.82. The van der Waals surface area contributed by atoms with Crippen LogP contribution in [0.5, 0.6) is 0 Å². The normalized spacial score (nSPS) is 10.6. The molecular formula is C17H14F2N2O2. The number of rotatable bonds is 4. The van der Waals surface area contributed by atoms with E-state index in [9.17, 15) is 18.4 Å². The van der Waals surface area contributed by atoms with Crippen LogP contribution in [0.2, 0.25) is 0 Å². The second kappa shape index (κ2) is 7.31. The van der Waals surface area contributed by atoms with E-state index in [1.54, 1.807) is 24.3 Å². The van der Waals surface area contributed by atoms with Crippen LogP contribution in [0.25, 0.3) is 6.08 Å². The molecule has 0 aliphatic heterocycles. The zero-order valence-corrected chi connectivity index (χ0v) is 12.3. The standard InChI is InChI=1S/C17H14F2N2O2/c1-20-17(23)12-5-2-11(3-6-12)4-9-16(22)21-15-8-7-13(18)10-14(15)19/h2-10H,1H3,(H,20,23)(H,21,22)/b9-4+. The number of hydrogen-bond donors (Lipinski definition) is 2. The molecule has 2 rings (SSSR count). The smallest absolute Gasteiger partial charge is 0.251 e. The van der Waals surface area contributed by atoms with Crippen molar-refractivity contribution in [1.82, 2.24) is 5.32 Å².